The van der Waals surface area contributed by atoms with E-state index in [0.29, 0.717) is 5.41 Å². The van der Waals surface area contributed by atoms with E-state index in [9.17, 15) is 0 Å². The topological polar surface area (TPSA) is 45.7 Å². The molecular formula is C19H30ClN3O. The molecule has 134 valence electrons. The molecule has 0 saturated heterocycles. The van der Waals surface area contributed by atoms with E-state index in [4.69, 9.17) is 16.3 Å². The summed E-state index contributed by atoms with van der Waals surface area (Å²) in [4.78, 5) is 4.33. The number of aryl methyl sites for hydroxylation is 1. The first kappa shape index (κ1) is 19.1. The van der Waals surface area contributed by atoms with Crippen molar-refractivity contribution in [2.75, 3.05) is 33.9 Å². The monoisotopic (exact) mass is 351 g/mol. The third kappa shape index (κ3) is 5.67. The third-order valence-electron chi connectivity index (χ3n) is 4.98. The van der Waals surface area contributed by atoms with Gasteiger partial charge in [-0.3, -0.25) is 4.99 Å². The van der Waals surface area contributed by atoms with E-state index in [-0.39, 0.29) is 0 Å². The van der Waals surface area contributed by atoms with Gasteiger partial charge in [0.2, 0.25) is 0 Å². The number of benzene rings is 1. The molecule has 4 nitrogen and oxygen atoms in total. The Morgan fingerprint density at radius 3 is 2.71 bits per heavy atom. The molecule has 0 aromatic heterocycles. The zero-order chi connectivity index (χ0) is 17.3. The Bertz CT molecular complexity index is 529. The first-order valence-electron chi connectivity index (χ1n) is 8.86. The molecule has 1 aromatic carbocycles. The second-order valence-electron chi connectivity index (χ2n) is 6.64. The number of ether oxygens (including phenoxy) is 1. The summed E-state index contributed by atoms with van der Waals surface area (Å²) in [7, 11) is 3.60. The SMILES string of the molecule is CN=C(NCCCc1ccccc1Cl)NCC1(CCOC)CCC1. The van der Waals surface area contributed by atoms with Crippen molar-refractivity contribution >= 4 is 17.6 Å². The first-order chi connectivity index (χ1) is 11.7. The Morgan fingerprint density at radius 1 is 1.29 bits per heavy atom. The van der Waals surface area contributed by atoms with Gasteiger partial charge in [-0.1, -0.05) is 36.2 Å². The van der Waals surface area contributed by atoms with Crippen LogP contribution in [0.15, 0.2) is 29.3 Å². The zero-order valence-corrected chi connectivity index (χ0v) is 15.7. The van der Waals surface area contributed by atoms with E-state index in [1.807, 2.05) is 25.2 Å². The lowest BCUT2D eigenvalue weighted by atomic mass is 9.67. The Labute approximate surface area is 151 Å². The van der Waals surface area contributed by atoms with Crippen LogP contribution in [-0.2, 0) is 11.2 Å². The summed E-state index contributed by atoms with van der Waals surface area (Å²) in [6.07, 6.45) is 7.02. The smallest absolute Gasteiger partial charge is 0.190 e. The molecule has 2 rings (SSSR count). The Morgan fingerprint density at radius 2 is 2.08 bits per heavy atom. The molecular weight excluding hydrogens is 322 g/mol. The van der Waals surface area contributed by atoms with Crippen molar-refractivity contribution in [3.05, 3.63) is 34.9 Å². The van der Waals surface area contributed by atoms with Crippen molar-refractivity contribution in [2.45, 2.75) is 38.5 Å². The number of halogens is 1. The summed E-state index contributed by atoms with van der Waals surface area (Å²) in [5.74, 6) is 0.887. The van der Waals surface area contributed by atoms with Crippen LogP contribution in [0, 0.1) is 5.41 Å². The molecule has 0 bridgehead atoms. The van der Waals surface area contributed by atoms with Crippen molar-refractivity contribution in [3.63, 3.8) is 0 Å². The highest BCUT2D eigenvalue weighted by Crippen LogP contribution is 2.43. The van der Waals surface area contributed by atoms with E-state index in [0.717, 1.165) is 49.9 Å². The standard InChI is InChI=1S/C19H30ClN3O/c1-21-18(23-15-19(10-6-11-19)12-14-24-2)22-13-5-8-16-7-3-4-9-17(16)20/h3-4,7,9H,5-6,8,10-15H2,1-2H3,(H2,21,22,23). The van der Waals surface area contributed by atoms with Crippen LogP contribution >= 0.6 is 11.6 Å². The second-order valence-corrected chi connectivity index (χ2v) is 7.05. The van der Waals surface area contributed by atoms with Crippen LogP contribution in [0.3, 0.4) is 0 Å². The van der Waals surface area contributed by atoms with Gasteiger partial charge < -0.3 is 15.4 Å². The molecule has 0 heterocycles. The van der Waals surface area contributed by atoms with Gasteiger partial charge in [-0.25, -0.2) is 0 Å². The predicted molar refractivity (Wildman–Crippen MR) is 102 cm³/mol. The maximum absolute atomic E-state index is 6.19. The molecule has 0 spiro atoms. The molecule has 0 amide bonds. The van der Waals surface area contributed by atoms with Gasteiger partial charge in [0.25, 0.3) is 0 Å². The van der Waals surface area contributed by atoms with E-state index in [1.165, 1.54) is 24.8 Å². The highest BCUT2D eigenvalue weighted by Gasteiger charge is 2.36. The molecule has 1 aromatic rings. The minimum Gasteiger partial charge on any atom is -0.385 e. The van der Waals surface area contributed by atoms with Gasteiger partial charge in [-0.05, 0) is 49.1 Å². The molecule has 1 saturated carbocycles. The van der Waals surface area contributed by atoms with Crippen molar-refractivity contribution in [1.82, 2.24) is 10.6 Å². The fraction of sp³-hybridized carbons (Fsp3) is 0.632. The number of hydrogen-bond donors (Lipinski definition) is 2. The average molecular weight is 352 g/mol. The molecule has 5 heteroatoms. The lowest BCUT2D eigenvalue weighted by Gasteiger charge is -2.42. The molecule has 24 heavy (non-hydrogen) atoms. The van der Waals surface area contributed by atoms with Crippen molar-refractivity contribution in [2.24, 2.45) is 10.4 Å². The second kappa shape index (κ2) is 9.90. The molecule has 1 aliphatic rings. The van der Waals surface area contributed by atoms with Crippen molar-refractivity contribution < 1.29 is 4.74 Å². The summed E-state index contributed by atoms with van der Waals surface area (Å²) in [5.41, 5.74) is 1.60. The van der Waals surface area contributed by atoms with Gasteiger partial charge in [0.15, 0.2) is 5.96 Å². The number of guanidine groups is 1. The zero-order valence-electron chi connectivity index (χ0n) is 14.9. The van der Waals surface area contributed by atoms with E-state index < -0.39 is 0 Å². The van der Waals surface area contributed by atoms with Gasteiger partial charge in [0.1, 0.15) is 0 Å². The van der Waals surface area contributed by atoms with Crippen molar-refractivity contribution in [1.29, 1.82) is 0 Å². The summed E-state index contributed by atoms with van der Waals surface area (Å²) in [6.45, 7) is 2.70. The van der Waals surface area contributed by atoms with E-state index in [1.54, 1.807) is 7.11 Å². The minimum absolute atomic E-state index is 0.394. The van der Waals surface area contributed by atoms with Gasteiger partial charge in [-0.15, -0.1) is 0 Å². The fourth-order valence-electron chi connectivity index (χ4n) is 3.19. The maximum Gasteiger partial charge on any atom is 0.190 e. The highest BCUT2D eigenvalue weighted by atomic mass is 35.5. The normalized spacial score (nSPS) is 16.5. The summed E-state index contributed by atoms with van der Waals surface area (Å²) in [6, 6.07) is 8.04. The Kier molecular flexibility index (Phi) is 7.86. The van der Waals surface area contributed by atoms with Crippen LogP contribution < -0.4 is 10.6 Å². The lowest BCUT2D eigenvalue weighted by molar-refractivity contribution is 0.0732. The number of hydrogen-bond acceptors (Lipinski definition) is 2. The summed E-state index contributed by atoms with van der Waals surface area (Å²) < 4.78 is 5.25. The molecule has 1 aliphatic carbocycles. The van der Waals surface area contributed by atoms with Crippen LogP contribution in [0.2, 0.25) is 5.02 Å². The van der Waals surface area contributed by atoms with Crippen molar-refractivity contribution in [3.8, 4) is 0 Å². The van der Waals surface area contributed by atoms with Crippen LogP contribution in [0.1, 0.15) is 37.7 Å². The Hall–Kier alpha value is -1.26. The quantitative estimate of drug-likeness (QED) is 0.405. The first-order valence-corrected chi connectivity index (χ1v) is 9.24. The number of aliphatic imine (C=N–C) groups is 1. The predicted octanol–water partition coefficient (Wildman–Crippen LogP) is 3.64. The largest absolute Gasteiger partial charge is 0.385 e. The van der Waals surface area contributed by atoms with E-state index >= 15 is 0 Å². The summed E-state index contributed by atoms with van der Waals surface area (Å²) >= 11 is 6.19. The molecule has 1 fully saturated rings. The van der Waals surface area contributed by atoms with Gasteiger partial charge in [-0.2, -0.15) is 0 Å². The number of nitrogens with zero attached hydrogens (tertiary/aromatic N) is 1. The number of nitrogens with one attached hydrogen (secondary N) is 2. The van der Waals surface area contributed by atoms with E-state index in [2.05, 4.69) is 21.7 Å². The van der Waals surface area contributed by atoms with Gasteiger partial charge in [0, 0.05) is 38.9 Å². The molecule has 0 atom stereocenters. The van der Waals surface area contributed by atoms with Gasteiger partial charge in [0.05, 0.1) is 0 Å². The highest BCUT2D eigenvalue weighted by molar-refractivity contribution is 6.31. The molecule has 2 N–H and O–H groups in total. The maximum atomic E-state index is 6.19. The minimum atomic E-state index is 0.394. The Balaban J connectivity index is 1.68. The fourth-order valence-corrected chi connectivity index (χ4v) is 3.42. The van der Waals surface area contributed by atoms with Crippen LogP contribution in [0.5, 0.6) is 0 Å². The number of methoxy groups -OCH3 is 1. The van der Waals surface area contributed by atoms with Crippen LogP contribution in [0.25, 0.3) is 0 Å². The van der Waals surface area contributed by atoms with Crippen LogP contribution in [0.4, 0.5) is 0 Å². The van der Waals surface area contributed by atoms with Crippen LogP contribution in [-0.4, -0.2) is 39.8 Å². The third-order valence-corrected chi connectivity index (χ3v) is 5.35. The lowest BCUT2D eigenvalue weighted by Crippen LogP contribution is -2.47. The number of rotatable bonds is 9. The molecule has 0 aliphatic heterocycles. The average Bonchev–Trinajstić information content (AvgIpc) is 2.56. The molecule has 0 unspecified atom stereocenters. The molecule has 0 radical (unpaired) electrons. The summed E-state index contributed by atoms with van der Waals surface area (Å²) in [5, 5.41) is 7.74. The van der Waals surface area contributed by atoms with Gasteiger partial charge >= 0.3 is 0 Å².